The van der Waals surface area contributed by atoms with Crippen LogP contribution in [0.25, 0.3) is 6.08 Å². The molecule has 0 aliphatic carbocycles. The molecule has 1 heterocycles. The number of ether oxygens (including phenoxy) is 1. The molecule has 0 atom stereocenters. The summed E-state index contributed by atoms with van der Waals surface area (Å²) in [4.78, 5) is 15.0. The molecule has 1 aliphatic rings. The minimum absolute atomic E-state index is 0.197. The second-order valence-electron chi connectivity index (χ2n) is 6.83. The van der Waals surface area contributed by atoms with Gasteiger partial charge in [0, 0.05) is 20.1 Å². The van der Waals surface area contributed by atoms with E-state index < -0.39 is 0 Å². The Morgan fingerprint density at radius 2 is 1.76 bits per heavy atom. The van der Waals surface area contributed by atoms with Crippen molar-refractivity contribution in [2.45, 2.75) is 6.61 Å². The maximum atomic E-state index is 13.0. The highest BCUT2D eigenvalue weighted by molar-refractivity contribution is 9.10. The van der Waals surface area contributed by atoms with Gasteiger partial charge in [-0.25, -0.2) is 0 Å². The number of rotatable bonds is 5. The molecule has 168 valence electrons. The number of carbonyl (C=O) groups excluding carboxylic acids is 1. The number of halogens is 5. The van der Waals surface area contributed by atoms with Gasteiger partial charge in [0.25, 0.3) is 5.91 Å². The predicted octanol–water partition coefficient (Wildman–Crippen LogP) is 9.16. The zero-order valence-electron chi connectivity index (χ0n) is 16.5. The third kappa shape index (κ3) is 5.78. The summed E-state index contributed by atoms with van der Waals surface area (Å²) in [6, 6.07) is 16.1. The van der Waals surface area contributed by atoms with E-state index in [1.807, 2.05) is 24.3 Å². The van der Waals surface area contributed by atoms with Gasteiger partial charge >= 0.3 is 0 Å². The zero-order valence-corrected chi connectivity index (χ0v) is 23.5. The Morgan fingerprint density at radius 3 is 2.45 bits per heavy atom. The summed E-state index contributed by atoms with van der Waals surface area (Å²) >= 11 is 31.9. The van der Waals surface area contributed by atoms with Crippen molar-refractivity contribution in [3.8, 4) is 5.75 Å². The average molecular weight is 665 g/mol. The summed E-state index contributed by atoms with van der Waals surface area (Å²) in [7, 11) is 0. The monoisotopic (exact) mass is 661 g/mol. The fraction of sp³-hybridized carbons (Fsp3) is 0.0435. The van der Waals surface area contributed by atoms with E-state index >= 15 is 0 Å². The molecule has 0 spiro atoms. The van der Waals surface area contributed by atoms with E-state index in [0.717, 1.165) is 20.1 Å². The van der Waals surface area contributed by atoms with Crippen LogP contribution in [0.15, 0.2) is 68.4 Å². The average Bonchev–Trinajstić information content (AvgIpc) is 3.03. The summed E-state index contributed by atoms with van der Waals surface area (Å²) in [5, 5.41) is 1.62. The quantitative estimate of drug-likeness (QED) is 0.201. The second-order valence-corrected chi connectivity index (χ2v) is 11.5. The van der Waals surface area contributed by atoms with E-state index in [1.165, 1.54) is 16.7 Å². The van der Waals surface area contributed by atoms with Crippen LogP contribution < -0.4 is 9.64 Å². The van der Waals surface area contributed by atoms with Crippen molar-refractivity contribution in [2.24, 2.45) is 0 Å². The third-order valence-electron chi connectivity index (χ3n) is 4.61. The molecule has 0 unspecified atom stereocenters. The molecule has 1 saturated heterocycles. The molecule has 1 fully saturated rings. The van der Waals surface area contributed by atoms with Crippen LogP contribution in [-0.4, -0.2) is 10.2 Å². The third-order valence-corrected chi connectivity index (χ3v) is 8.35. The fourth-order valence-electron chi connectivity index (χ4n) is 2.98. The van der Waals surface area contributed by atoms with Crippen LogP contribution in [-0.2, 0) is 11.4 Å². The van der Waals surface area contributed by atoms with Gasteiger partial charge in [0.15, 0.2) is 4.32 Å². The maximum Gasteiger partial charge on any atom is 0.270 e. The van der Waals surface area contributed by atoms with Gasteiger partial charge in [-0.3, -0.25) is 9.69 Å². The molecular weight excluding hydrogens is 653 g/mol. The van der Waals surface area contributed by atoms with E-state index in [4.69, 9.17) is 51.8 Å². The van der Waals surface area contributed by atoms with Gasteiger partial charge in [0.1, 0.15) is 12.4 Å². The Morgan fingerprint density at radius 1 is 0.970 bits per heavy atom. The van der Waals surface area contributed by atoms with Gasteiger partial charge < -0.3 is 4.74 Å². The van der Waals surface area contributed by atoms with Crippen molar-refractivity contribution in [1.29, 1.82) is 0 Å². The number of thioether (sulfide) groups is 1. The van der Waals surface area contributed by atoms with Gasteiger partial charge in [-0.05, 0) is 86.0 Å². The second kappa shape index (κ2) is 10.7. The number of benzene rings is 3. The largest absolute Gasteiger partial charge is 0.488 e. The minimum atomic E-state index is -0.197. The van der Waals surface area contributed by atoms with E-state index in [2.05, 4.69) is 31.9 Å². The normalized spacial score (nSPS) is 14.9. The Bertz CT molecular complexity index is 1320. The Hall–Kier alpha value is -1.06. The number of amides is 1. The molecule has 0 saturated carbocycles. The highest BCUT2D eigenvalue weighted by Gasteiger charge is 2.33. The van der Waals surface area contributed by atoms with Gasteiger partial charge in [0.2, 0.25) is 0 Å². The van der Waals surface area contributed by atoms with Crippen LogP contribution in [0.3, 0.4) is 0 Å². The maximum absolute atomic E-state index is 13.0. The fourth-order valence-corrected chi connectivity index (χ4v) is 5.68. The van der Waals surface area contributed by atoms with Crippen molar-refractivity contribution in [3.63, 3.8) is 0 Å². The lowest BCUT2D eigenvalue weighted by Crippen LogP contribution is -2.27. The molecule has 0 N–H and O–H groups in total. The lowest BCUT2D eigenvalue weighted by atomic mass is 10.2. The molecule has 1 amide bonds. The van der Waals surface area contributed by atoms with Crippen molar-refractivity contribution in [3.05, 3.63) is 94.6 Å². The first kappa shape index (κ1) is 25.0. The molecule has 0 aromatic heterocycles. The lowest BCUT2D eigenvalue weighted by molar-refractivity contribution is -0.113. The van der Waals surface area contributed by atoms with Crippen molar-refractivity contribution in [1.82, 2.24) is 0 Å². The number of hydrogen-bond donors (Lipinski definition) is 0. The first-order valence-electron chi connectivity index (χ1n) is 9.32. The highest BCUT2D eigenvalue weighted by atomic mass is 79.9. The number of hydrogen-bond acceptors (Lipinski definition) is 4. The van der Waals surface area contributed by atoms with Gasteiger partial charge in [-0.2, -0.15) is 0 Å². The number of anilines is 1. The van der Waals surface area contributed by atoms with Crippen LogP contribution in [0.4, 0.5) is 5.69 Å². The molecule has 3 nitrogen and oxygen atoms in total. The van der Waals surface area contributed by atoms with Gasteiger partial charge in [0.05, 0.1) is 20.1 Å². The standard InChI is InChI=1S/C23H12Br2Cl3NO2S2/c24-16-5-4-15(10-19(16)28)29-22(30)21(33-23(29)32)8-12-1-6-20(17(25)7-12)31-11-13-2-3-14(26)9-18(13)27/h1-10H,11H2/b21-8+. The molecule has 4 rings (SSSR count). The van der Waals surface area contributed by atoms with Crippen LogP contribution in [0, 0.1) is 0 Å². The highest BCUT2D eigenvalue weighted by Crippen LogP contribution is 2.38. The first-order chi connectivity index (χ1) is 15.7. The molecule has 3 aromatic rings. The molecule has 10 heteroatoms. The minimum Gasteiger partial charge on any atom is -0.488 e. The molecule has 0 bridgehead atoms. The summed E-state index contributed by atoms with van der Waals surface area (Å²) in [5.41, 5.74) is 2.28. The van der Waals surface area contributed by atoms with Gasteiger partial charge in [-0.15, -0.1) is 0 Å². The molecule has 0 radical (unpaired) electrons. The molecular formula is C23H12Br2Cl3NO2S2. The number of thiocarbonyl (C=S) groups is 1. The molecule has 3 aromatic carbocycles. The Labute approximate surface area is 232 Å². The van der Waals surface area contributed by atoms with Crippen LogP contribution in [0.5, 0.6) is 5.75 Å². The van der Waals surface area contributed by atoms with E-state index in [-0.39, 0.29) is 5.91 Å². The Kier molecular flexibility index (Phi) is 8.11. The topological polar surface area (TPSA) is 29.5 Å². The summed E-state index contributed by atoms with van der Waals surface area (Å²) in [5.74, 6) is 0.451. The summed E-state index contributed by atoms with van der Waals surface area (Å²) in [6.07, 6.45) is 1.80. The summed E-state index contributed by atoms with van der Waals surface area (Å²) < 4.78 is 7.83. The smallest absolute Gasteiger partial charge is 0.270 e. The predicted molar refractivity (Wildman–Crippen MR) is 150 cm³/mol. The number of nitrogens with zero attached hydrogens (tertiary/aromatic N) is 1. The van der Waals surface area contributed by atoms with Crippen LogP contribution in [0.2, 0.25) is 15.1 Å². The first-order valence-corrected chi connectivity index (χ1v) is 13.3. The lowest BCUT2D eigenvalue weighted by Gasteiger charge is -2.15. The van der Waals surface area contributed by atoms with E-state index in [9.17, 15) is 4.79 Å². The molecule has 33 heavy (non-hydrogen) atoms. The van der Waals surface area contributed by atoms with E-state index in [1.54, 1.807) is 36.4 Å². The zero-order chi connectivity index (χ0) is 23.7. The van der Waals surface area contributed by atoms with Crippen molar-refractivity contribution in [2.75, 3.05) is 4.90 Å². The van der Waals surface area contributed by atoms with E-state index in [0.29, 0.717) is 42.3 Å². The SMILES string of the molecule is O=C1/C(=C\c2ccc(OCc3ccc(Cl)cc3Cl)c(Br)c2)SC(=S)N1c1ccc(Br)c(Cl)c1. The van der Waals surface area contributed by atoms with Gasteiger partial charge in [-0.1, -0.05) is 70.9 Å². The molecule has 1 aliphatic heterocycles. The van der Waals surface area contributed by atoms with Crippen molar-refractivity contribution < 1.29 is 9.53 Å². The van der Waals surface area contributed by atoms with Crippen LogP contribution >= 0.6 is 90.6 Å². The van der Waals surface area contributed by atoms with Crippen molar-refractivity contribution >= 4 is 113 Å². The number of carbonyl (C=O) groups is 1. The van der Waals surface area contributed by atoms with Crippen LogP contribution in [0.1, 0.15) is 11.1 Å². The Balaban J connectivity index is 1.51. The summed E-state index contributed by atoms with van der Waals surface area (Å²) in [6.45, 7) is 0.294.